The number of amides is 1. The van der Waals surface area contributed by atoms with Crippen molar-refractivity contribution >= 4 is 55.8 Å². The second-order valence-corrected chi connectivity index (χ2v) is 7.66. The van der Waals surface area contributed by atoms with Gasteiger partial charge in [-0.05, 0) is 12.1 Å². The molecule has 1 amide bonds. The van der Waals surface area contributed by atoms with Crippen LogP contribution in [0.5, 0.6) is 0 Å². The van der Waals surface area contributed by atoms with Crippen LogP contribution in [0.1, 0.15) is 10.5 Å². The van der Waals surface area contributed by atoms with Crippen molar-refractivity contribution in [2.45, 2.75) is 0 Å². The molecule has 26 heavy (non-hydrogen) atoms. The minimum Gasteiger partial charge on any atom is -0.321 e. The van der Waals surface area contributed by atoms with Crippen LogP contribution in [-0.2, 0) is 0 Å². The van der Waals surface area contributed by atoms with E-state index < -0.39 is 0 Å². The van der Waals surface area contributed by atoms with Gasteiger partial charge in [0.15, 0.2) is 20.8 Å². The number of thiazole rings is 2. The maximum atomic E-state index is 12.6. The first-order valence-corrected chi connectivity index (χ1v) is 9.78. The van der Waals surface area contributed by atoms with Crippen LogP contribution in [0.25, 0.3) is 21.2 Å². The number of rotatable bonds is 3. The third-order valence-electron chi connectivity index (χ3n) is 3.97. The molecular formula is C17H10ClN5OS2. The second kappa shape index (κ2) is 5.94. The standard InChI is InChI=1S/C17H10ClN5OS2/c18-14-13(23-6-8-26-17(23)21-14)15(24)19-11-3-1-10(2-4-11)12-9-22-5-7-25-16(22)20-12/h1-9H,(H,19,24). The molecule has 0 bridgehead atoms. The first kappa shape index (κ1) is 15.6. The van der Waals surface area contributed by atoms with Gasteiger partial charge in [0.1, 0.15) is 0 Å². The summed E-state index contributed by atoms with van der Waals surface area (Å²) in [6.07, 6.45) is 5.74. The predicted octanol–water partition coefficient (Wildman–Crippen LogP) is 4.68. The second-order valence-electron chi connectivity index (χ2n) is 5.56. The van der Waals surface area contributed by atoms with E-state index in [9.17, 15) is 4.79 Å². The molecule has 4 aromatic heterocycles. The van der Waals surface area contributed by atoms with Gasteiger partial charge in [0.2, 0.25) is 0 Å². The molecule has 0 radical (unpaired) electrons. The Hall–Kier alpha value is -2.68. The number of nitrogens with zero attached hydrogens (tertiary/aromatic N) is 4. The van der Waals surface area contributed by atoms with Crippen LogP contribution in [0, 0.1) is 0 Å². The van der Waals surface area contributed by atoms with E-state index >= 15 is 0 Å². The molecule has 0 aliphatic heterocycles. The average molecular weight is 400 g/mol. The van der Waals surface area contributed by atoms with E-state index in [0.717, 1.165) is 16.2 Å². The molecular weight excluding hydrogens is 390 g/mol. The summed E-state index contributed by atoms with van der Waals surface area (Å²) in [4.78, 5) is 23.0. The van der Waals surface area contributed by atoms with E-state index in [-0.39, 0.29) is 11.1 Å². The highest BCUT2D eigenvalue weighted by Crippen LogP contribution is 2.25. The maximum absolute atomic E-state index is 12.6. The molecule has 9 heteroatoms. The lowest BCUT2D eigenvalue weighted by atomic mass is 10.1. The number of halogens is 1. The molecule has 6 nitrogen and oxygen atoms in total. The van der Waals surface area contributed by atoms with Crippen molar-refractivity contribution in [3.63, 3.8) is 0 Å². The van der Waals surface area contributed by atoms with Crippen molar-refractivity contribution in [3.05, 3.63) is 64.5 Å². The number of carbonyl (C=O) groups excluding carboxylic acids is 1. The van der Waals surface area contributed by atoms with Crippen LogP contribution in [0.2, 0.25) is 5.15 Å². The highest BCUT2D eigenvalue weighted by molar-refractivity contribution is 7.15. The summed E-state index contributed by atoms with van der Waals surface area (Å²) in [5, 5.41) is 6.92. The molecule has 0 aliphatic carbocycles. The number of imidazole rings is 2. The summed E-state index contributed by atoms with van der Waals surface area (Å²) in [6, 6.07) is 7.56. The third-order valence-corrected chi connectivity index (χ3v) is 5.76. The van der Waals surface area contributed by atoms with Gasteiger partial charge >= 0.3 is 0 Å². The van der Waals surface area contributed by atoms with Gasteiger partial charge in [-0.1, -0.05) is 23.7 Å². The Labute approximate surface area is 160 Å². The summed E-state index contributed by atoms with van der Waals surface area (Å²) >= 11 is 9.13. The topological polar surface area (TPSA) is 63.7 Å². The Kier molecular flexibility index (Phi) is 3.56. The molecule has 0 spiro atoms. The minimum atomic E-state index is -0.295. The normalized spacial score (nSPS) is 11.4. The molecule has 5 rings (SSSR count). The van der Waals surface area contributed by atoms with Gasteiger partial charge in [0, 0.05) is 40.6 Å². The van der Waals surface area contributed by atoms with Gasteiger partial charge in [0.05, 0.1) is 5.69 Å². The molecule has 0 aliphatic rings. The van der Waals surface area contributed by atoms with Crippen molar-refractivity contribution in [3.8, 4) is 11.3 Å². The van der Waals surface area contributed by atoms with Gasteiger partial charge in [-0.3, -0.25) is 13.6 Å². The zero-order valence-corrected chi connectivity index (χ0v) is 15.5. The summed E-state index contributed by atoms with van der Waals surface area (Å²) in [5.41, 5.74) is 2.90. The number of hydrogen-bond acceptors (Lipinski definition) is 5. The predicted molar refractivity (Wildman–Crippen MR) is 105 cm³/mol. The summed E-state index contributed by atoms with van der Waals surface area (Å²) in [7, 11) is 0. The Bertz CT molecular complexity index is 1220. The third kappa shape index (κ3) is 2.50. The minimum absolute atomic E-state index is 0.198. The van der Waals surface area contributed by atoms with Crippen LogP contribution in [0.3, 0.4) is 0 Å². The molecule has 1 N–H and O–H groups in total. The number of carbonyl (C=O) groups is 1. The molecule has 0 atom stereocenters. The zero-order valence-electron chi connectivity index (χ0n) is 13.1. The molecule has 0 unspecified atom stereocenters. The fraction of sp³-hybridized carbons (Fsp3) is 0. The summed E-state index contributed by atoms with van der Waals surface area (Å²) < 4.78 is 3.68. The van der Waals surface area contributed by atoms with Crippen molar-refractivity contribution in [1.82, 2.24) is 18.8 Å². The van der Waals surface area contributed by atoms with Crippen LogP contribution < -0.4 is 5.32 Å². The zero-order chi connectivity index (χ0) is 17.7. The lowest BCUT2D eigenvalue weighted by Gasteiger charge is -2.05. The number of anilines is 1. The van der Waals surface area contributed by atoms with Gasteiger partial charge in [-0.2, -0.15) is 0 Å². The maximum Gasteiger partial charge on any atom is 0.275 e. The molecule has 0 saturated heterocycles. The Morgan fingerprint density at radius 1 is 1.04 bits per heavy atom. The lowest BCUT2D eigenvalue weighted by molar-refractivity contribution is 0.102. The SMILES string of the molecule is O=C(Nc1ccc(-c2cn3ccsc3n2)cc1)c1c(Cl)nc2sccn12. The number of nitrogens with one attached hydrogen (secondary N) is 1. The Morgan fingerprint density at radius 3 is 2.62 bits per heavy atom. The van der Waals surface area contributed by atoms with Crippen LogP contribution >= 0.6 is 34.3 Å². The van der Waals surface area contributed by atoms with Crippen molar-refractivity contribution in [1.29, 1.82) is 0 Å². The monoisotopic (exact) mass is 399 g/mol. The molecule has 1 aromatic carbocycles. The Morgan fingerprint density at radius 2 is 1.81 bits per heavy atom. The Balaban J connectivity index is 1.40. The first-order chi connectivity index (χ1) is 12.7. The lowest BCUT2D eigenvalue weighted by Crippen LogP contribution is -2.14. The van der Waals surface area contributed by atoms with E-state index in [0.29, 0.717) is 16.3 Å². The van der Waals surface area contributed by atoms with E-state index in [1.54, 1.807) is 21.9 Å². The van der Waals surface area contributed by atoms with Gasteiger partial charge in [-0.15, -0.1) is 22.7 Å². The average Bonchev–Trinajstić information content (AvgIpc) is 3.35. The van der Waals surface area contributed by atoms with Crippen molar-refractivity contribution < 1.29 is 4.79 Å². The first-order valence-electron chi connectivity index (χ1n) is 7.64. The quantitative estimate of drug-likeness (QED) is 0.479. The van der Waals surface area contributed by atoms with Gasteiger partial charge in [-0.25, -0.2) is 9.97 Å². The fourth-order valence-electron chi connectivity index (χ4n) is 2.74. The summed E-state index contributed by atoms with van der Waals surface area (Å²) in [5.74, 6) is -0.295. The van der Waals surface area contributed by atoms with E-state index in [2.05, 4.69) is 15.3 Å². The number of benzene rings is 1. The van der Waals surface area contributed by atoms with Crippen LogP contribution in [0.4, 0.5) is 5.69 Å². The molecule has 128 valence electrons. The van der Waals surface area contributed by atoms with Crippen molar-refractivity contribution in [2.24, 2.45) is 0 Å². The van der Waals surface area contributed by atoms with Crippen LogP contribution in [-0.4, -0.2) is 24.7 Å². The fourth-order valence-corrected chi connectivity index (χ4v) is 4.46. The number of fused-ring (bicyclic) bond motifs is 2. The van der Waals surface area contributed by atoms with Crippen LogP contribution in [0.15, 0.2) is 53.6 Å². The smallest absolute Gasteiger partial charge is 0.275 e. The van der Waals surface area contributed by atoms with Gasteiger partial charge < -0.3 is 5.32 Å². The summed E-state index contributed by atoms with van der Waals surface area (Å²) in [6.45, 7) is 0. The van der Waals surface area contributed by atoms with E-state index in [4.69, 9.17) is 11.6 Å². The molecule has 4 heterocycles. The molecule has 0 fully saturated rings. The molecule has 5 aromatic rings. The highest BCUT2D eigenvalue weighted by atomic mass is 35.5. The van der Waals surface area contributed by atoms with Gasteiger partial charge in [0.25, 0.3) is 5.91 Å². The van der Waals surface area contributed by atoms with Crippen molar-refractivity contribution in [2.75, 3.05) is 5.32 Å². The number of aromatic nitrogens is 4. The largest absolute Gasteiger partial charge is 0.321 e. The van der Waals surface area contributed by atoms with E-state index in [1.165, 1.54) is 11.3 Å². The highest BCUT2D eigenvalue weighted by Gasteiger charge is 2.19. The van der Waals surface area contributed by atoms with E-state index in [1.807, 2.05) is 51.8 Å². The molecule has 0 saturated carbocycles. The number of hydrogen-bond donors (Lipinski definition) is 1.